The van der Waals surface area contributed by atoms with Gasteiger partial charge in [-0.05, 0) is 71.5 Å². The van der Waals surface area contributed by atoms with E-state index in [1.54, 1.807) is 24.3 Å². The maximum Gasteiger partial charge on any atom is 0.257 e. The smallest absolute Gasteiger partial charge is 0.257 e. The van der Waals surface area contributed by atoms with Crippen LogP contribution < -0.4 is 15.4 Å². The van der Waals surface area contributed by atoms with E-state index in [4.69, 9.17) is 17.0 Å². The minimum Gasteiger partial charge on any atom is -0.493 e. The molecule has 0 spiro atoms. The first-order valence-electron chi connectivity index (χ1n) is 7.57. The molecule has 0 aliphatic rings. The Hall–Kier alpha value is -2.10. The third kappa shape index (κ3) is 4.35. The molecule has 134 valence electrons. The van der Waals surface area contributed by atoms with Crippen LogP contribution in [0.15, 0.2) is 40.9 Å². The van der Waals surface area contributed by atoms with Gasteiger partial charge in [0.1, 0.15) is 11.6 Å². The van der Waals surface area contributed by atoms with Gasteiger partial charge < -0.3 is 10.1 Å². The first kappa shape index (κ1) is 18.7. The summed E-state index contributed by atoms with van der Waals surface area (Å²) in [5.41, 5.74) is 1.08. The van der Waals surface area contributed by atoms with E-state index < -0.39 is 0 Å². The standard InChI is InChI=1S/C17H13BrFN3O2S2/c1-2-24-13-6-3-9(7-11(13)18)15(23)21-16(25)22-17-20-12-5-4-10(19)8-14(12)26-17/h3-8H,2H2,1H3,(H2,20,21,22,23,25). The lowest BCUT2D eigenvalue weighted by molar-refractivity contribution is 0.0977. The number of fused-ring (bicyclic) bond motifs is 1. The van der Waals surface area contributed by atoms with Crippen LogP contribution in [0.3, 0.4) is 0 Å². The van der Waals surface area contributed by atoms with Crippen molar-refractivity contribution in [3.63, 3.8) is 0 Å². The molecule has 0 unspecified atom stereocenters. The fraction of sp³-hybridized carbons (Fsp3) is 0.118. The summed E-state index contributed by atoms with van der Waals surface area (Å²) in [6, 6.07) is 9.34. The molecule has 1 amide bonds. The van der Waals surface area contributed by atoms with Crippen molar-refractivity contribution in [3.8, 4) is 5.75 Å². The molecule has 0 saturated heterocycles. The van der Waals surface area contributed by atoms with E-state index in [2.05, 4.69) is 31.5 Å². The molecule has 0 aliphatic carbocycles. The van der Waals surface area contributed by atoms with Gasteiger partial charge in [-0.15, -0.1) is 0 Å². The summed E-state index contributed by atoms with van der Waals surface area (Å²) in [5, 5.41) is 6.02. The van der Waals surface area contributed by atoms with Crippen molar-refractivity contribution in [2.75, 3.05) is 11.9 Å². The Morgan fingerprint density at radius 2 is 2.15 bits per heavy atom. The molecule has 0 bridgehead atoms. The first-order valence-corrected chi connectivity index (χ1v) is 9.59. The first-order chi connectivity index (χ1) is 12.5. The second-order valence-corrected chi connectivity index (χ2v) is 7.41. The SMILES string of the molecule is CCOc1ccc(C(=O)NC(=S)Nc2nc3ccc(F)cc3s2)cc1Br. The third-order valence-electron chi connectivity index (χ3n) is 3.29. The molecule has 1 aromatic heterocycles. The number of nitrogens with zero attached hydrogens (tertiary/aromatic N) is 1. The molecule has 0 radical (unpaired) electrons. The number of hydrogen-bond acceptors (Lipinski definition) is 5. The molecule has 0 aliphatic heterocycles. The van der Waals surface area contributed by atoms with Gasteiger partial charge in [-0.25, -0.2) is 9.37 Å². The van der Waals surface area contributed by atoms with Gasteiger partial charge >= 0.3 is 0 Å². The van der Waals surface area contributed by atoms with Gasteiger partial charge in [-0.3, -0.25) is 10.1 Å². The number of halogens is 2. The predicted molar refractivity (Wildman–Crippen MR) is 109 cm³/mol. The van der Waals surface area contributed by atoms with Gasteiger partial charge in [-0.1, -0.05) is 11.3 Å². The van der Waals surface area contributed by atoms with E-state index in [1.807, 2.05) is 6.92 Å². The zero-order valence-corrected chi connectivity index (χ0v) is 16.7. The van der Waals surface area contributed by atoms with Gasteiger partial charge in [0.2, 0.25) is 0 Å². The molecular weight excluding hydrogens is 441 g/mol. The largest absolute Gasteiger partial charge is 0.493 e. The third-order valence-corrected chi connectivity index (χ3v) is 5.05. The van der Waals surface area contributed by atoms with Crippen LogP contribution in [0.1, 0.15) is 17.3 Å². The van der Waals surface area contributed by atoms with Crippen molar-refractivity contribution in [1.82, 2.24) is 10.3 Å². The van der Waals surface area contributed by atoms with Crippen LogP contribution in [0, 0.1) is 5.82 Å². The molecule has 9 heteroatoms. The van der Waals surface area contributed by atoms with Crippen LogP contribution in [0.25, 0.3) is 10.2 Å². The van der Waals surface area contributed by atoms with Gasteiger partial charge in [-0.2, -0.15) is 0 Å². The Morgan fingerprint density at radius 1 is 1.35 bits per heavy atom. The van der Waals surface area contributed by atoms with Crippen molar-refractivity contribution in [2.24, 2.45) is 0 Å². The molecular formula is C17H13BrFN3O2S2. The number of thiazole rings is 1. The summed E-state index contributed by atoms with van der Waals surface area (Å²) >= 11 is 9.77. The Bertz CT molecular complexity index is 993. The van der Waals surface area contributed by atoms with E-state index in [1.165, 1.54) is 23.5 Å². The fourth-order valence-electron chi connectivity index (χ4n) is 2.17. The Kier molecular flexibility index (Phi) is 5.80. The van der Waals surface area contributed by atoms with Gasteiger partial charge in [0.25, 0.3) is 5.91 Å². The van der Waals surface area contributed by atoms with Crippen LogP contribution >= 0.6 is 39.5 Å². The van der Waals surface area contributed by atoms with Crippen molar-refractivity contribution in [2.45, 2.75) is 6.92 Å². The molecule has 0 atom stereocenters. The lowest BCUT2D eigenvalue weighted by atomic mass is 10.2. The fourth-order valence-corrected chi connectivity index (χ4v) is 3.81. The van der Waals surface area contributed by atoms with Gasteiger partial charge in [0, 0.05) is 5.56 Å². The Morgan fingerprint density at radius 3 is 2.88 bits per heavy atom. The van der Waals surface area contributed by atoms with E-state index in [9.17, 15) is 9.18 Å². The van der Waals surface area contributed by atoms with Crippen molar-refractivity contribution in [3.05, 3.63) is 52.3 Å². The summed E-state index contributed by atoms with van der Waals surface area (Å²) in [6.45, 7) is 2.41. The predicted octanol–water partition coefficient (Wildman–Crippen LogP) is 4.72. The molecule has 2 N–H and O–H groups in total. The Labute approximate surface area is 166 Å². The highest BCUT2D eigenvalue weighted by molar-refractivity contribution is 9.10. The molecule has 3 rings (SSSR count). The van der Waals surface area contributed by atoms with Crippen LogP contribution in [-0.2, 0) is 0 Å². The number of thiocarbonyl (C=S) groups is 1. The number of anilines is 1. The Balaban J connectivity index is 1.66. The minimum atomic E-state index is -0.363. The van der Waals surface area contributed by atoms with Crippen LogP contribution in [0.4, 0.5) is 9.52 Å². The zero-order valence-electron chi connectivity index (χ0n) is 13.5. The normalized spacial score (nSPS) is 10.6. The molecule has 26 heavy (non-hydrogen) atoms. The lowest BCUT2D eigenvalue weighted by Crippen LogP contribution is -2.34. The van der Waals surface area contributed by atoms with E-state index in [0.29, 0.717) is 37.7 Å². The van der Waals surface area contributed by atoms with Gasteiger partial charge in [0.05, 0.1) is 21.3 Å². The molecule has 1 heterocycles. The number of rotatable bonds is 4. The molecule has 3 aromatic rings. The van der Waals surface area contributed by atoms with Crippen molar-refractivity contribution in [1.29, 1.82) is 0 Å². The van der Waals surface area contributed by atoms with E-state index in [-0.39, 0.29) is 16.8 Å². The van der Waals surface area contributed by atoms with Crippen LogP contribution in [0.5, 0.6) is 5.75 Å². The molecule has 0 fully saturated rings. The van der Waals surface area contributed by atoms with Gasteiger partial charge in [0.15, 0.2) is 10.2 Å². The number of benzene rings is 2. The van der Waals surface area contributed by atoms with Crippen molar-refractivity contribution < 1.29 is 13.9 Å². The number of ether oxygens (including phenoxy) is 1. The molecule has 0 saturated carbocycles. The maximum atomic E-state index is 13.2. The quantitative estimate of drug-likeness (QED) is 0.559. The second-order valence-electron chi connectivity index (χ2n) is 5.12. The summed E-state index contributed by atoms with van der Waals surface area (Å²) in [5.74, 6) is -0.0329. The minimum absolute atomic E-state index is 0.111. The zero-order chi connectivity index (χ0) is 18.7. The molecule has 5 nitrogen and oxygen atoms in total. The molecule has 2 aromatic carbocycles. The van der Waals surface area contributed by atoms with E-state index >= 15 is 0 Å². The van der Waals surface area contributed by atoms with Crippen molar-refractivity contribution >= 4 is 65.9 Å². The number of carbonyl (C=O) groups is 1. The second kappa shape index (κ2) is 8.07. The topological polar surface area (TPSA) is 63.2 Å². The number of hydrogen-bond donors (Lipinski definition) is 2. The summed E-state index contributed by atoms with van der Waals surface area (Å²) in [6.07, 6.45) is 0. The number of nitrogens with one attached hydrogen (secondary N) is 2. The highest BCUT2D eigenvalue weighted by Gasteiger charge is 2.12. The van der Waals surface area contributed by atoms with Crippen LogP contribution in [-0.4, -0.2) is 22.6 Å². The van der Waals surface area contributed by atoms with E-state index in [0.717, 1.165) is 0 Å². The number of amides is 1. The average molecular weight is 454 g/mol. The summed E-state index contributed by atoms with van der Waals surface area (Å²) in [4.78, 5) is 16.6. The maximum absolute atomic E-state index is 13.2. The van der Waals surface area contributed by atoms with Crippen LogP contribution in [0.2, 0.25) is 0 Å². The number of aromatic nitrogens is 1. The number of carbonyl (C=O) groups excluding carboxylic acids is 1. The highest BCUT2D eigenvalue weighted by Crippen LogP contribution is 2.27. The monoisotopic (exact) mass is 453 g/mol. The average Bonchev–Trinajstić information content (AvgIpc) is 2.97. The summed E-state index contributed by atoms with van der Waals surface area (Å²) in [7, 11) is 0. The lowest BCUT2D eigenvalue weighted by Gasteiger charge is -2.09. The highest BCUT2D eigenvalue weighted by atomic mass is 79.9. The summed E-state index contributed by atoms with van der Waals surface area (Å²) < 4.78 is 20.0.